The summed E-state index contributed by atoms with van der Waals surface area (Å²) in [5.41, 5.74) is 1.02. The number of nitrogens with zero attached hydrogens (tertiary/aromatic N) is 3. The highest BCUT2D eigenvalue weighted by Crippen LogP contribution is 2.46. The number of halogens is 3. The number of esters is 1. The smallest absolute Gasteiger partial charge is 0.479 e. The molecular weight excluding hydrogens is 671 g/mol. The van der Waals surface area contributed by atoms with Crippen LogP contribution in [0.1, 0.15) is 66.1 Å². The fraction of sp³-hybridized carbons (Fsp3) is 0.515. The lowest BCUT2D eigenvalue weighted by molar-refractivity contribution is -0.278. The molecule has 268 valence electrons. The second-order valence-electron chi connectivity index (χ2n) is 12.9. The summed E-state index contributed by atoms with van der Waals surface area (Å²) in [5.74, 6) is -1.60. The highest BCUT2D eigenvalue weighted by Gasteiger charge is 2.49. The van der Waals surface area contributed by atoms with Crippen LogP contribution in [0.2, 0.25) is 0 Å². The van der Waals surface area contributed by atoms with E-state index < -0.39 is 49.0 Å². The van der Waals surface area contributed by atoms with E-state index in [4.69, 9.17) is 18.7 Å². The van der Waals surface area contributed by atoms with E-state index in [-0.39, 0.29) is 53.3 Å². The molecule has 7 rings (SSSR count). The molecule has 4 aliphatic rings. The van der Waals surface area contributed by atoms with Crippen molar-refractivity contribution in [3.8, 4) is 17.0 Å². The topological polar surface area (TPSA) is 194 Å². The number of carboxylic acid groups (broad SMARTS) is 1. The average molecular weight is 706 g/mol. The molecule has 0 amide bonds. The zero-order valence-corrected chi connectivity index (χ0v) is 26.3. The maximum Gasteiger partial charge on any atom is 0.573 e. The maximum absolute atomic E-state index is 13.2. The summed E-state index contributed by atoms with van der Waals surface area (Å²) in [6.07, 6.45) is -8.38. The summed E-state index contributed by atoms with van der Waals surface area (Å²) in [4.78, 5) is 30.8. The van der Waals surface area contributed by atoms with Gasteiger partial charge in [-0.05, 0) is 62.8 Å². The molecule has 2 bridgehead atoms. The van der Waals surface area contributed by atoms with Gasteiger partial charge in [-0.25, -0.2) is 14.6 Å². The highest BCUT2D eigenvalue weighted by molar-refractivity contribution is 5.89. The SMILES string of the molecule is O=C(O[C@@H]1O[C@H](C(=O)O)[C@@H](O)[C@H](O)[C@H]1O)c1ccc(N2[C@H]3CC[C@H]2CC(OCc2c(-c4ccccc4OC(F)(F)F)noc2C2CC2)C3)nc1. The molecule has 0 radical (unpaired) electrons. The molecule has 3 aliphatic heterocycles. The number of ether oxygens (including phenoxy) is 4. The van der Waals surface area contributed by atoms with E-state index in [9.17, 15) is 43.2 Å². The van der Waals surface area contributed by atoms with Gasteiger partial charge in [-0.1, -0.05) is 17.3 Å². The van der Waals surface area contributed by atoms with E-state index in [1.54, 1.807) is 12.1 Å². The molecule has 0 unspecified atom stereocenters. The van der Waals surface area contributed by atoms with Gasteiger partial charge in [0.25, 0.3) is 0 Å². The van der Waals surface area contributed by atoms with Gasteiger partial charge < -0.3 is 48.8 Å². The number of benzene rings is 1. The van der Waals surface area contributed by atoms with Crippen LogP contribution in [0.5, 0.6) is 5.75 Å². The van der Waals surface area contributed by atoms with Gasteiger partial charge in [0.2, 0.25) is 6.29 Å². The van der Waals surface area contributed by atoms with Crippen LogP contribution in [0, 0.1) is 0 Å². The van der Waals surface area contributed by atoms with Crippen LogP contribution in [-0.4, -0.2) is 97.8 Å². The molecule has 14 nitrogen and oxygen atoms in total. The normalized spacial score (nSPS) is 29.5. The lowest BCUT2D eigenvalue weighted by Crippen LogP contribution is -2.60. The highest BCUT2D eigenvalue weighted by atomic mass is 19.4. The molecule has 1 saturated carbocycles. The van der Waals surface area contributed by atoms with E-state index in [0.717, 1.165) is 25.7 Å². The van der Waals surface area contributed by atoms with E-state index in [1.807, 2.05) is 0 Å². The van der Waals surface area contributed by atoms with Gasteiger partial charge in [0, 0.05) is 35.3 Å². The summed E-state index contributed by atoms with van der Waals surface area (Å²) in [6, 6.07) is 9.06. The first-order valence-corrected chi connectivity index (χ1v) is 16.2. The summed E-state index contributed by atoms with van der Waals surface area (Å²) in [7, 11) is 0. The summed E-state index contributed by atoms with van der Waals surface area (Å²) >= 11 is 0. The number of hydrogen-bond donors (Lipinski definition) is 4. The van der Waals surface area contributed by atoms with Gasteiger partial charge in [0.15, 0.2) is 6.10 Å². The molecule has 0 spiro atoms. The Labute approximate surface area is 282 Å². The van der Waals surface area contributed by atoms with Gasteiger partial charge in [-0.2, -0.15) is 0 Å². The number of rotatable bonds is 10. The van der Waals surface area contributed by atoms with Gasteiger partial charge >= 0.3 is 18.3 Å². The molecule has 1 aromatic carbocycles. The number of para-hydroxylation sites is 1. The number of alkyl halides is 3. The van der Waals surface area contributed by atoms with Crippen molar-refractivity contribution in [3.05, 3.63) is 59.5 Å². The van der Waals surface area contributed by atoms with Gasteiger partial charge in [0.05, 0.1) is 18.3 Å². The van der Waals surface area contributed by atoms with Crippen LogP contribution >= 0.6 is 0 Å². The Morgan fingerprint density at radius 2 is 1.68 bits per heavy atom. The molecule has 17 heteroatoms. The molecule has 3 aromatic rings. The van der Waals surface area contributed by atoms with Crippen molar-refractivity contribution in [2.45, 2.75) is 106 Å². The van der Waals surface area contributed by atoms with Crippen LogP contribution in [0.4, 0.5) is 19.0 Å². The van der Waals surface area contributed by atoms with Crippen molar-refractivity contribution in [1.29, 1.82) is 0 Å². The molecule has 2 aromatic heterocycles. The number of aliphatic hydroxyl groups is 3. The monoisotopic (exact) mass is 705 g/mol. The zero-order chi connectivity index (χ0) is 35.3. The van der Waals surface area contributed by atoms with Gasteiger partial charge in [-0.3, -0.25) is 0 Å². The molecule has 7 atom stereocenters. The quantitative estimate of drug-likeness (QED) is 0.225. The van der Waals surface area contributed by atoms with E-state index >= 15 is 0 Å². The van der Waals surface area contributed by atoms with E-state index in [1.165, 1.54) is 30.5 Å². The summed E-state index contributed by atoms with van der Waals surface area (Å²) in [5, 5.41) is 43.4. The lowest BCUT2D eigenvalue weighted by atomic mass is 9.99. The largest absolute Gasteiger partial charge is 0.573 e. The predicted molar refractivity (Wildman–Crippen MR) is 162 cm³/mol. The van der Waals surface area contributed by atoms with Crippen molar-refractivity contribution in [1.82, 2.24) is 10.1 Å². The third-order valence-corrected chi connectivity index (χ3v) is 9.57. The van der Waals surface area contributed by atoms with Crippen molar-refractivity contribution in [2.75, 3.05) is 4.90 Å². The van der Waals surface area contributed by atoms with Gasteiger partial charge in [0.1, 0.15) is 41.3 Å². The fourth-order valence-corrected chi connectivity index (χ4v) is 7.04. The van der Waals surface area contributed by atoms with Crippen molar-refractivity contribution < 1.29 is 66.7 Å². The third-order valence-electron chi connectivity index (χ3n) is 9.57. The minimum Gasteiger partial charge on any atom is -0.479 e. The first-order chi connectivity index (χ1) is 23.9. The zero-order valence-electron chi connectivity index (χ0n) is 26.3. The molecular formula is C33H34F3N3O11. The van der Waals surface area contributed by atoms with E-state index in [2.05, 4.69) is 19.8 Å². The number of hydrogen-bond acceptors (Lipinski definition) is 13. The lowest BCUT2D eigenvalue weighted by Gasteiger charge is -2.39. The number of aliphatic hydroxyl groups excluding tert-OH is 3. The van der Waals surface area contributed by atoms with E-state index in [0.29, 0.717) is 30.0 Å². The number of fused-ring (bicyclic) bond motifs is 2. The minimum atomic E-state index is -4.88. The number of carbonyl (C=O) groups is 2. The first-order valence-electron chi connectivity index (χ1n) is 16.2. The Hall–Kier alpha value is -4.29. The molecule has 3 saturated heterocycles. The van der Waals surface area contributed by atoms with Crippen LogP contribution in [0.15, 0.2) is 47.1 Å². The Morgan fingerprint density at radius 1 is 0.960 bits per heavy atom. The number of aliphatic carboxylic acids is 1. The number of pyridine rings is 1. The second kappa shape index (κ2) is 13.4. The maximum atomic E-state index is 13.2. The Kier molecular flexibility index (Phi) is 9.19. The number of anilines is 1. The van der Waals surface area contributed by atoms with Crippen molar-refractivity contribution >= 4 is 17.8 Å². The molecule has 4 fully saturated rings. The van der Waals surface area contributed by atoms with Crippen molar-refractivity contribution in [3.63, 3.8) is 0 Å². The Morgan fingerprint density at radius 3 is 2.32 bits per heavy atom. The minimum absolute atomic E-state index is 0.0131. The molecule has 1 aliphatic carbocycles. The van der Waals surface area contributed by atoms with Crippen LogP contribution < -0.4 is 9.64 Å². The Balaban J connectivity index is 0.999. The summed E-state index contributed by atoms with van der Waals surface area (Å²) < 4.78 is 65.9. The van der Waals surface area contributed by atoms with Crippen molar-refractivity contribution in [2.24, 2.45) is 0 Å². The third kappa shape index (κ3) is 6.87. The Bertz CT molecular complexity index is 1700. The number of aromatic nitrogens is 2. The van der Waals surface area contributed by atoms with Crippen LogP contribution in [-0.2, 0) is 25.6 Å². The van der Waals surface area contributed by atoms with Crippen LogP contribution in [0.25, 0.3) is 11.3 Å². The standard InChI is InChI=1S/C33H34F3N3O11/c34-33(35,36)49-22-4-2-1-3-20(22)24-21(28(50-38-24)15-5-6-15)14-46-19-11-17-8-9-18(12-19)39(17)23-10-7-16(13-37-23)31(45)48-32-27(42)25(40)26(41)29(47-32)30(43)44/h1-4,7,10,13,15,17-19,25-27,29,32,40-42H,5-6,8-9,11-12,14H2,(H,43,44)/t17-,18-,25-,26-,27+,29-,32-/m0/s1. The van der Waals surface area contributed by atoms with Gasteiger partial charge in [-0.15, -0.1) is 13.2 Å². The molecule has 50 heavy (non-hydrogen) atoms. The number of piperidine rings is 1. The molecule has 5 heterocycles. The molecule has 4 N–H and O–H groups in total. The second-order valence-corrected chi connectivity index (χ2v) is 12.9. The average Bonchev–Trinajstić information content (AvgIpc) is 3.78. The number of carbonyl (C=O) groups excluding carboxylic acids is 1. The van der Waals surface area contributed by atoms with Crippen LogP contribution in [0.3, 0.4) is 0 Å². The first kappa shape index (κ1) is 34.2. The number of carboxylic acids is 1. The fourth-order valence-electron chi connectivity index (χ4n) is 7.04. The predicted octanol–water partition coefficient (Wildman–Crippen LogP) is 3.28. The summed E-state index contributed by atoms with van der Waals surface area (Å²) in [6.45, 7) is 0.104.